The molecular weight excluding hydrogens is 487 g/mol. The highest BCUT2D eigenvalue weighted by Crippen LogP contribution is 2.45. The lowest BCUT2D eigenvalue weighted by Crippen LogP contribution is -2.32. The third kappa shape index (κ3) is 5.07. The van der Waals surface area contributed by atoms with Crippen LogP contribution in [0.5, 0.6) is 0 Å². The number of benzene rings is 3. The molecule has 3 aromatic carbocycles. The first-order valence-electron chi connectivity index (χ1n) is 13.1. The Morgan fingerprint density at radius 2 is 1.89 bits per heavy atom. The number of aryl methyl sites for hydroxylation is 1. The minimum Gasteiger partial charge on any atom is -0.361 e. The van der Waals surface area contributed by atoms with Gasteiger partial charge in [-0.05, 0) is 91.2 Å². The number of ether oxygens (including phenoxy) is 1. The van der Waals surface area contributed by atoms with Crippen molar-refractivity contribution in [2.24, 2.45) is 0 Å². The number of halogens is 3. The predicted octanol–water partition coefficient (Wildman–Crippen LogP) is 7.01. The Kier molecular flexibility index (Phi) is 7.55. The van der Waals surface area contributed by atoms with Crippen LogP contribution in [0.3, 0.4) is 0 Å². The second kappa shape index (κ2) is 11.0. The standard InChI is InChI=1S/C31H30F3N3O/c1-2-26(10-5-21-18-37-30-27(21)15-25(33)16-29(30)34)36-13-3-12-31(23-6-8-24(32)9-7-23)28-11-4-20(17-35)14-22(28)19-38-31/h4,6-9,11,14-16,18,26,36-37H,2-3,5,10,12-13,19H2,1H3. The van der Waals surface area contributed by atoms with Crippen molar-refractivity contribution in [3.63, 3.8) is 0 Å². The fourth-order valence-electron chi connectivity index (χ4n) is 5.61. The van der Waals surface area contributed by atoms with Crippen LogP contribution in [0.4, 0.5) is 13.2 Å². The Balaban J connectivity index is 1.25. The molecule has 1 aliphatic rings. The maximum Gasteiger partial charge on any atom is 0.150 e. The fraction of sp³-hybridized carbons (Fsp3) is 0.323. The van der Waals surface area contributed by atoms with E-state index >= 15 is 0 Å². The van der Waals surface area contributed by atoms with E-state index in [9.17, 15) is 18.4 Å². The van der Waals surface area contributed by atoms with E-state index in [0.717, 1.165) is 54.1 Å². The van der Waals surface area contributed by atoms with Gasteiger partial charge in [0.05, 0.1) is 23.8 Å². The Labute approximate surface area is 220 Å². The first-order chi connectivity index (χ1) is 18.4. The van der Waals surface area contributed by atoms with Gasteiger partial charge in [-0.2, -0.15) is 5.26 Å². The summed E-state index contributed by atoms with van der Waals surface area (Å²) in [7, 11) is 0. The molecule has 0 radical (unpaired) electrons. The van der Waals surface area contributed by atoms with Crippen LogP contribution in [-0.2, 0) is 23.4 Å². The number of rotatable bonds is 10. The Morgan fingerprint density at radius 3 is 2.66 bits per heavy atom. The van der Waals surface area contributed by atoms with Crippen LogP contribution in [0.25, 0.3) is 10.9 Å². The first kappa shape index (κ1) is 26.0. The largest absolute Gasteiger partial charge is 0.361 e. The van der Waals surface area contributed by atoms with Gasteiger partial charge < -0.3 is 15.0 Å². The van der Waals surface area contributed by atoms with Crippen LogP contribution in [0.15, 0.2) is 60.8 Å². The Morgan fingerprint density at radius 1 is 1.08 bits per heavy atom. The third-order valence-corrected chi connectivity index (χ3v) is 7.64. The summed E-state index contributed by atoms with van der Waals surface area (Å²) in [5, 5.41) is 13.5. The third-order valence-electron chi connectivity index (χ3n) is 7.64. The molecule has 2 heterocycles. The van der Waals surface area contributed by atoms with Gasteiger partial charge in [-0.25, -0.2) is 13.2 Å². The van der Waals surface area contributed by atoms with Gasteiger partial charge in [0.15, 0.2) is 0 Å². The van der Waals surface area contributed by atoms with Crippen molar-refractivity contribution in [3.05, 3.63) is 106 Å². The van der Waals surface area contributed by atoms with Gasteiger partial charge in [0.1, 0.15) is 23.1 Å². The molecule has 5 rings (SSSR count). The molecule has 196 valence electrons. The molecule has 0 aliphatic carbocycles. The van der Waals surface area contributed by atoms with Crippen molar-refractivity contribution in [3.8, 4) is 6.07 Å². The van der Waals surface area contributed by atoms with E-state index in [-0.39, 0.29) is 11.9 Å². The van der Waals surface area contributed by atoms with E-state index in [0.29, 0.717) is 35.9 Å². The average molecular weight is 518 g/mol. The Hall–Kier alpha value is -3.60. The number of hydrogen-bond acceptors (Lipinski definition) is 3. The molecule has 7 heteroatoms. The summed E-state index contributed by atoms with van der Waals surface area (Å²) in [6.45, 7) is 3.28. The number of nitriles is 1. The van der Waals surface area contributed by atoms with Gasteiger partial charge in [0.25, 0.3) is 0 Å². The summed E-state index contributed by atoms with van der Waals surface area (Å²) >= 11 is 0. The molecule has 0 fully saturated rings. The van der Waals surface area contributed by atoms with Crippen molar-refractivity contribution in [1.29, 1.82) is 5.26 Å². The van der Waals surface area contributed by atoms with Gasteiger partial charge in [0.2, 0.25) is 0 Å². The fourth-order valence-corrected chi connectivity index (χ4v) is 5.61. The maximum atomic E-state index is 14.0. The maximum absolute atomic E-state index is 14.0. The lowest BCUT2D eigenvalue weighted by molar-refractivity contribution is -0.0130. The summed E-state index contributed by atoms with van der Waals surface area (Å²) in [4.78, 5) is 2.93. The highest BCUT2D eigenvalue weighted by atomic mass is 19.1. The average Bonchev–Trinajstić information content (AvgIpc) is 3.50. The van der Waals surface area contributed by atoms with E-state index in [4.69, 9.17) is 4.74 Å². The van der Waals surface area contributed by atoms with E-state index in [2.05, 4.69) is 23.3 Å². The van der Waals surface area contributed by atoms with E-state index in [1.165, 1.54) is 18.2 Å². The van der Waals surface area contributed by atoms with E-state index in [1.54, 1.807) is 24.4 Å². The molecule has 2 unspecified atom stereocenters. The van der Waals surface area contributed by atoms with Gasteiger partial charge in [0, 0.05) is 23.7 Å². The van der Waals surface area contributed by atoms with E-state index in [1.807, 2.05) is 12.1 Å². The summed E-state index contributed by atoms with van der Waals surface area (Å²) in [5.74, 6) is -1.45. The molecule has 0 spiro atoms. The number of nitrogens with zero attached hydrogens (tertiary/aromatic N) is 1. The first-order valence-corrected chi connectivity index (χ1v) is 13.1. The van der Waals surface area contributed by atoms with Crippen LogP contribution >= 0.6 is 0 Å². The van der Waals surface area contributed by atoms with Crippen molar-refractivity contribution in [2.45, 2.75) is 57.3 Å². The van der Waals surface area contributed by atoms with Crippen LogP contribution in [0.1, 0.15) is 60.4 Å². The second-order valence-electron chi connectivity index (χ2n) is 9.93. The van der Waals surface area contributed by atoms with Crippen LogP contribution in [0.2, 0.25) is 0 Å². The van der Waals surface area contributed by atoms with Gasteiger partial charge in [-0.3, -0.25) is 0 Å². The zero-order valence-electron chi connectivity index (χ0n) is 21.3. The molecule has 38 heavy (non-hydrogen) atoms. The zero-order chi connectivity index (χ0) is 26.7. The zero-order valence-corrected chi connectivity index (χ0v) is 21.3. The van der Waals surface area contributed by atoms with E-state index < -0.39 is 17.2 Å². The Bertz CT molecular complexity index is 1470. The molecule has 0 amide bonds. The van der Waals surface area contributed by atoms with Gasteiger partial charge in [-0.1, -0.05) is 25.1 Å². The number of aromatic amines is 1. The van der Waals surface area contributed by atoms with Crippen LogP contribution in [-0.4, -0.2) is 17.6 Å². The molecule has 4 nitrogen and oxygen atoms in total. The SMILES string of the molecule is CCC(CCc1c[nH]c2c(F)cc(F)cc12)NCCCC1(c2ccc(F)cc2)OCc2cc(C#N)ccc21. The normalized spacial score (nSPS) is 17.4. The van der Waals surface area contributed by atoms with Crippen molar-refractivity contribution < 1.29 is 17.9 Å². The molecule has 0 bridgehead atoms. The van der Waals surface area contributed by atoms with Crippen LogP contribution < -0.4 is 5.32 Å². The summed E-state index contributed by atoms with van der Waals surface area (Å²) in [6, 6.07) is 16.8. The number of nitrogens with one attached hydrogen (secondary N) is 2. The second-order valence-corrected chi connectivity index (χ2v) is 9.93. The molecule has 2 N–H and O–H groups in total. The molecule has 0 saturated carbocycles. The monoisotopic (exact) mass is 517 g/mol. The van der Waals surface area contributed by atoms with Gasteiger partial charge in [-0.15, -0.1) is 0 Å². The van der Waals surface area contributed by atoms with Crippen molar-refractivity contribution in [1.82, 2.24) is 10.3 Å². The minimum atomic E-state index is -0.696. The number of aromatic nitrogens is 1. The molecule has 0 saturated heterocycles. The summed E-state index contributed by atoms with van der Waals surface area (Å²) in [6.07, 6.45) is 5.73. The molecular formula is C31H30F3N3O. The molecule has 4 aromatic rings. The van der Waals surface area contributed by atoms with Gasteiger partial charge >= 0.3 is 0 Å². The molecule has 2 atom stereocenters. The lowest BCUT2D eigenvalue weighted by Gasteiger charge is -2.31. The van der Waals surface area contributed by atoms with Crippen molar-refractivity contribution in [2.75, 3.05) is 6.54 Å². The lowest BCUT2D eigenvalue weighted by atomic mass is 9.81. The van der Waals surface area contributed by atoms with Crippen LogP contribution in [0, 0.1) is 28.8 Å². The predicted molar refractivity (Wildman–Crippen MR) is 141 cm³/mol. The topological polar surface area (TPSA) is 60.8 Å². The number of fused-ring (bicyclic) bond motifs is 2. The highest BCUT2D eigenvalue weighted by Gasteiger charge is 2.41. The smallest absolute Gasteiger partial charge is 0.150 e. The minimum absolute atomic E-state index is 0.245. The quantitative estimate of drug-likeness (QED) is 0.223. The highest BCUT2D eigenvalue weighted by molar-refractivity contribution is 5.83. The summed E-state index contributed by atoms with van der Waals surface area (Å²) < 4.78 is 47.9. The number of hydrogen-bond donors (Lipinski definition) is 2. The van der Waals surface area contributed by atoms with Crippen molar-refractivity contribution >= 4 is 10.9 Å². The molecule has 1 aromatic heterocycles. The molecule has 1 aliphatic heterocycles. The summed E-state index contributed by atoms with van der Waals surface area (Å²) in [5.41, 5.74) is 4.05. The number of H-pyrrole nitrogens is 1.